The van der Waals surface area contributed by atoms with Crippen molar-refractivity contribution in [2.45, 2.75) is 32.0 Å². The Labute approximate surface area is 162 Å². The molecule has 1 fully saturated rings. The van der Waals surface area contributed by atoms with Gasteiger partial charge in [0.2, 0.25) is 5.43 Å². The molecule has 8 nitrogen and oxygen atoms in total. The van der Waals surface area contributed by atoms with Crippen LogP contribution >= 0.6 is 0 Å². The van der Waals surface area contributed by atoms with Gasteiger partial charge in [0, 0.05) is 31.4 Å². The molecule has 0 unspecified atom stereocenters. The lowest BCUT2D eigenvalue weighted by Crippen LogP contribution is -2.23. The Kier molecular flexibility index (Phi) is 3.52. The van der Waals surface area contributed by atoms with Crippen LogP contribution < -0.4 is 16.1 Å². The standard InChI is InChI=1S/C19H17F2N5O3/c1-24-18(22)10-5-25(7-13(10)23-24)16-12(20)4-9-15(14(16)21)26(8-2-3-8)6-11(17(9)27)19(28)29/h4,6,8H,2-3,5,7,22H2,1H3,(H,28,29). The fraction of sp³-hybridized carbons (Fsp3) is 0.316. The number of nitrogens with zero attached hydrogens (tertiary/aromatic N) is 4. The van der Waals surface area contributed by atoms with E-state index in [1.807, 2.05) is 0 Å². The molecule has 29 heavy (non-hydrogen) atoms. The van der Waals surface area contributed by atoms with Crippen LogP contribution in [0, 0.1) is 11.6 Å². The summed E-state index contributed by atoms with van der Waals surface area (Å²) in [5.41, 5.74) is 5.60. The molecule has 0 amide bonds. The first-order chi connectivity index (χ1) is 13.8. The van der Waals surface area contributed by atoms with E-state index in [0.717, 1.165) is 25.1 Å². The summed E-state index contributed by atoms with van der Waals surface area (Å²) in [6.45, 7) is 0.371. The molecule has 2 aliphatic rings. The fourth-order valence-electron chi connectivity index (χ4n) is 4.04. The first-order valence-corrected chi connectivity index (χ1v) is 9.13. The summed E-state index contributed by atoms with van der Waals surface area (Å²) in [6, 6.07) is 0.819. The number of aromatic carboxylic acids is 1. The van der Waals surface area contributed by atoms with Crippen LogP contribution in [-0.2, 0) is 20.1 Å². The Balaban J connectivity index is 1.72. The largest absolute Gasteiger partial charge is 0.477 e. The maximum Gasteiger partial charge on any atom is 0.341 e. The van der Waals surface area contributed by atoms with Crippen LogP contribution in [0.5, 0.6) is 0 Å². The van der Waals surface area contributed by atoms with Gasteiger partial charge in [-0.1, -0.05) is 0 Å². The predicted octanol–water partition coefficient (Wildman–Crippen LogP) is 2.15. The maximum atomic E-state index is 15.6. The Hall–Kier alpha value is -3.43. The molecule has 150 valence electrons. The smallest absolute Gasteiger partial charge is 0.341 e. The quantitative estimate of drug-likeness (QED) is 0.697. The highest BCUT2D eigenvalue weighted by molar-refractivity contribution is 5.94. The molecule has 3 N–H and O–H groups in total. The van der Waals surface area contributed by atoms with Crippen molar-refractivity contribution in [3.63, 3.8) is 0 Å². The van der Waals surface area contributed by atoms with Gasteiger partial charge in [-0.3, -0.25) is 9.48 Å². The molecule has 3 heterocycles. The molecular weight excluding hydrogens is 384 g/mol. The first kappa shape index (κ1) is 17.7. The third kappa shape index (κ3) is 2.44. The summed E-state index contributed by atoms with van der Waals surface area (Å²) in [6.07, 6.45) is 2.63. The Morgan fingerprint density at radius 2 is 2.03 bits per heavy atom. The normalized spacial score (nSPS) is 15.9. The molecule has 0 atom stereocenters. The molecule has 3 aromatic rings. The van der Waals surface area contributed by atoms with E-state index in [0.29, 0.717) is 17.1 Å². The molecule has 2 aromatic heterocycles. The Bertz CT molecular complexity index is 1280. The van der Waals surface area contributed by atoms with Gasteiger partial charge in [0.15, 0.2) is 5.82 Å². The molecule has 0 radical (unpaired) electrons. The van der Waals surface area contributed by atoms with Crippen molar-refractivity contribution in [3.05, 3.63) is 50.9 Å². The number of fused-ring (bicyclic) bond motifs is 2. The lowest BCUT2D eigenvalue weighted by Gasteiger charge is -2.22. The van der Waals surface area contributed by atoms with Gasteiger partial charge in [-0.2, -0.15) is 5.10 Å². The number of pyridine rings is 1. The van der Waals surface area contributed by atoms with E-state index >= 15 is 4.39 Å². The molecular formula is C19H17F2N5O3. The van der Waals surface area contributed by atoms with E-state index in [1.165, 1.54) is 14.1 Å². The SMILES string of the molecule is Cn1nc2c(c1N)CN(c1c(F)cc3c(=O)c(C(=O)O)cn(C4CC4)c3c1F)C2. The average Bonchev–Trinajstić information content (AvgIpc) is 3.37. The number of hydrogen-bond donors (Lipinski definition) is 2. The van der Waals surface area contributed by atoms with Gasteiger partial charge in [0.25, 0.3) is 0 Å². The van der Waals surface area contributed by atoms with Gasteiger partial charge in [-0.25, -0.2) is 13.6 Å². The number of benzene rings is 1. The summed E-state index contributed by atoms with van der Waals surface area (Å²) >= 11 is 0. The first-order valence-electron chi connectivity index (χ1n) is 9.13. The number of aromatic nitrogens is 3. The van der Waals surface area contributed by atoms with Gasteiger partial charge in [-0.05, 0) is 18.9 Å². The highest BCUT2D eigenvalue weighted by atomic mass is 19.1. The van der Waals surface area contributed by atoms with E-state index in [2.05, 4.69) is 5.10 Å². The van der Waals surface area contributed by atoms with Crippen molar-refractivity contribution in [3.8, 4) is 0 Å². The zero-order valence-electron chi connectivity index (χ0n) is 15.4. The van der Waals surface area contributed by atoms with Gasteiger partial charge in [0.05, 0.1) is 23.1 Å². The number of nitrogens with two attached hydrogens (primary N) is 1. The maximum absolute atomic E-state index is 15.6. The number of carbonyl (C=O) groups is 1. The van der Waals surface area contributed by atoms with E-state index in [-0.39, 0.29) is 35.7 Å². The van der Waals surface area contributed by atoms with Gasteiger partial charge in [-0.15, -0.1) is 0 Å². The molecule has 10 heteroatoms. The minimum absolute atomic E-state index is 0.0723. The second-order valence-corrected chi connectivity index (χ2v) is 7.52. The van der Waals surface area contributed by atoms with Crippen LogP contribution in [-0.4, -0.2) is 25.4 Å². The molecule has 5 rings (SSSR count). The van der Waals surface area contributed by atoms with Crippen molar-refractivity contribution in [1.82, 2.24) is 14.3 Å². The summed E-state index contributed by atoms with van der Waals surface area (Å²) in [7, 11) is 1.70. The minimum atomic E-state index is -1.42. The van der Waals surface area contributed by atoms with Crippen LogP contribution in [0.2, 0.25) is 0 Å². The Morgan fingerprint density at radius 1 is 1.31 bits per heavy atom. The number of anilines is 2. The molecule has 1 aromatic carbocycles. The van der Waals surface area contributed by atoms with Crippen molar-refractivity contribution in [2.75, 3.05) is 10.6 Å². The molecule has 0 bridgehead atoms. The van der Waals surface area contributed by atoms with Crippen molar-refractivity contribution in [1.29, 1.82) is 0 Å². The highest BCUT2D eigenvalue weighted by Crippen LogP contribution is 2.41. The highest BCUT2D eigenvalue weighted by Gasteiger charge is 2.33. The topological polar surface area (TPSA) is 106 Å². The van der Waals surface area contributed by atoms with Crippen LogP contribution in [0.3, 0.4) is 0 Å². The van der Waals surface area contributed by atoms with Gasteiger partial charge in [0.1, 0.15) is 22.9 Å². The number of rotatable bonds is 3. The summed E-state index contributed by atoms with van der Waals surface area (Å²) < 4.78 is 33.5. The lowest BCUT2D eigenvalue weighted by molar-refractivity contribution is 0.0694. The third-order valence-corrected chi connectivity index (χ3v) is 5.64. The second kappa shape index (κ2) is 5.79. The number of aryl methyl sites for hydroxylation is 1. The Morgan fingerprint density at radius 3 is 2.66 bits per heavy atom. The second-order valence-electron chi connectivity index (χ2n) is 7.52. The molecule has 1 aliphatic heterocycles. The number of hydrogen-bond acceptors (Lipinski definition) is 5. The molecule has 1 aliphatic carbocycles. The molecule has 0 saturated heterocycles. The predicted molar refractivity (Wildman–Crippen MR) is 101 cm³/mol. The average molecular weight is 401 g/mol. The van der Waals surface area contributed by atoms with Crippen LogP contribution in [0.15, 0.2) is 17.1 Å². The molecule has 1 saturated carbocycles. The van der Waals surface area contributed by atoms with Gasteiger partial charge < -0.3 is 20.3 Å². The van der Waals surface area contributed by atoms with Crippen LogP contribution in [0.1, 0.15) is 40.5 Å². The van der Waals surface area contributed by atoms with E-state index in [1.54, 1.807) is 7.05 Å². The summed E-state index contributed by atoms with van der Waals surface area (Å²) in [5, 5.41) is 13.3. The van der Waals surface area contributed by atoms with Crippen molar-refractivity contribution >= 4 is 28.4 Å². The zero-order chi connectivity index (χ0) is 20.6. The third-order valence-electron chi connectivity index (χ3n) is 5.64. The summed E-state index contributed by atoms with van der Waals surface area (Å²) in [4.78, 5) is 25.5. The summed E-state index contributed by atoms with van der Waals surface area (Å²) in [5.74, 6) is -2.79. The zero-order valence-corrected chi connectivity index (χ0v) is 15.4. The van der Waals surface area contributed by atoms with Gasteiger partial charge >= 0.3 is 5.97 Å². The number of carboxylic acid groups (broad SMARTS) is 1. The van der Waals surface area contributed by atoms with E-state index in [9.17, 15) is 19.1 Å². The van der Waals surface area contributed by atoms with Crippen LogP contribution in [0.4, 0.5) is 20.3 Å². The number of carboxylic acids is 1. The number of nitrogen functional groups attached to an aromatic ring is 1. The number of halogens is 2. The molecule has 0 spiro atoms. The fourth-order valence-corrected chi connectivity index (χ4v) is 4.04. The van der Waals surface area contributed by atoms with E-state index < -0.39 is 28.6 Å². The van der Waals surface area contributed by atoms with E-state index in [4.69, 9.17) is 5.73 Å². The van der Waals surface area contributed by atoms with Crippen LogP contribution in [0.25, 0.3) is 10.9 Å². The minimum Gasteiger partial charge on any atom is -0.477 e. The lowest BCUT2D eigenvalue weighted by atomic mass is 10.1. The van der Waals surface area contributed by atoms with Crippen molar-refractivity contribution < 1.29 is 18.7 Å². The monoisotopic (exact) mass is 401 g/mol. The van der Waals surface area contributed by atoms with Crippen molar-refractivity contribution in [2.24, 2.45) is 7.05 Å².